The number of tetrazole rings is 1. The van der Waals surface area contributed by atoms with Crippen molar-refractivity contribution in [2.24, 2.45) is 0 Å². The summed E-state index contributed by atoms with van der Waals surface area (Å²) in [4.78, 5) is 12.4. The Hall–Kier alpha value is -2.94. The normalized spacial score (nSPS) is 12.6. The van der Waals surface area contributed by atoms with E-state index in [1.165, 1.54) is 12.1 Å². The Morgan fingerprint density at radius 2 is 1.89 bits per heavy atom. The van der Waals surface area contributed by atoms with Crippen LogP contribution in [-0.2, 0) is 23.8 Å². The molecule has 0 spiro atoms. The van der Waals surface area contributed by atoms with Crippen LogP contribution >= 0.6 is 11.6 Å². The second-order valence-corrected chi connectivity index (χ2v) is 6.53. The van der Waals surface area contributed by atoms with Gasteiger partial charge in [0, 0.05) is 11.4 Å². The number of carbonyl (C=O) groups is 1. The van der Waals surface area contributed by atoms with Crippen LogP contribution in [0.15, 0.2) is 48.5 Å². The summed E-state index contributed by atoms with van der Waals surface area (Å²) in [5.74, 6) is -0.0664. The zero-order valence-electron chi connectivity index (χ0n) is 14.4. The van der Waals surface area contributed by atoms with Crippen molar-refractivity contribution in [3.63, 3.8) is 0 Å². The summed E-state index contributed by atoms with van der Waals surface area (Å²) in [6, 6.07) is 11.0. The van der Waals surface area contributed by atoms with Gasteiger partial charge in [-0.05, 0) is 35.4 Å². The van der Waals surface area contributed by atoms with E-state index in [4.69, 9.17) is 11.6 Å². The molecule has 0 aliphatic carbocycles. The first-order valence-corrected chi connectivity index (χ1v) is 8.62. The van der Waals surface area contributed by atoms with Crippen LogP contribution in [0.3, 0.4) is 0 Å². The van der Waals surface area contributed by atoms with E-state index in [9.17, 15) is 18.0 Å². The fourth-order valence-electron chi connectivity index (χ4n) is 2.67. The quantitative estimate of drug-likeness (QED) is 0.652. The van der Waals surface area contributed by atoms with Crippen LogP contribution < -0.4 is 5.32 Å². The molecular weight excluding hydrogens is 395 g/mol. The second-order valence-electron chi connectivity index (χ2n) is 6.10. The number of H-pyrrole nitrogens is 1. The van der Waals surface area contributed by atoms with Crippen molar-refractivity contribution in [1.82, 2.24) is 25.9 Å². The minimum Gasteiger partial charge on any atom is -0.345 e. The number of hydrogen-bond acceptors (Lipinski definition) is 4. The van der Waals surface area contributed by atoms with E-state index in [0.717, 1.165) is 17.7 Å². The summed E-state index contributed by atoms with van der Waals surface area (Å²) < 4.78 is 38.1. The molecule has 6 nitrogen and oxygen atoms in total. The first-order chi connectivity index (χ1) is 13.3. The van der Waals surface area contributed by atoms with Crippen molar-refractivity contribution in [1.29, 1.82) is 0 Å². The zero-order valence-corrected chi connectivity index (χ0v) is 15.1. The van der Waals surface area contributed by atoms with Crippen LogP contribution in [0.4, 0.5) is 13.2 Å². The number of aromatic amines is 1. The lowest BCUT2D eigenvalue weighted by atomic mass is 10.0. The Morgan fingerprint density at radius 3 is 2.50 bits per heavy atom. The molecule has 3 rings (SSSR count). The molecule has 0 fully saturated rings. The molecule has 2 aromatic carbocycles. The SMILES string of the molecule is O=C(Cc1cccc(Cl)c1)N[C@@H](Cc1ccc(C(F)(F)F)cc1)c1nn[nH]n1. The van der Waals surface area contributed by atoms with E-state index >= 15 is 0 Å². The second kappa shape index (κ2) is 8.39. The largest absolute Gasteiger partial charge is 0.416 e. The Labute approximate surface area is 163 Å². The van der Waals surface area contributed by atoms with Crippen LogP contribution in [0.1, 0.15) is 28.6 Å². The number of nitrogens with zero attached hydrogens (tertiary/aromatic N) is 3. The summed E-state index contributed by atoms with van der Waals surface area (Å²) in [5, 5.41) is 16.9. The Morgan fingerprint density at radius 1 is 1.14 bits per heavy atom. The maximum absolute atomic E-state index is 12.7. The van der Waals surface area contributed by atoms with Gasteiger partial charge in [0.15, 0.2) is 5.82 Å². The van der Waals surface area contributed by atoms with Crippen molar-refractivity contribution in [2.45, 2.75) is 25.1 Å². The van der Waals surface area contributed by atoms with Gasteiger partial charge in [-0.3, -0.25) is 4.79 Å². The minimum atomic E-state index is -4.41. The molecule has 0 aliphatic heterocycles. The molecule has 0 saturated carbocycles. The topological polar surface area (TPSA) is 83.6 Å². The molecule has 1 heterocycles. The third-order valence-electron chi connectivity index (χ3n) is 3.98. The highest BCUT2D eigenvalue weighted by Crippen LogP contribution is 2.29. The maximum atomic E-state index is 12.7. The van der Waals surface area contributed by atoms with E-state index in [1.807, 2.05) is 0 Å². The van der Waals surface area contributed by atoms with Gasteiger partial charge in [-0.2, -0.15) is 18.4 Å². The van der Waals surface area contributed by atoms with Crippen LogP contribution in [0.25, 0.3) is 0 Å². The first-order valence-electron chi connectivity index (χ1n) is 8.24. The van der Waals surface area contributed by atoms with Crippen LogP contribution in [0, 0.1) is 0 Å². The molecular formula is C18H15ClF3N5O. The first kappa shape index (κ1) is 19.8. The van der Waals surface area contributed by atoms with Gasteiger partial charge in [-0.25, -0.2) is 0 Å². The highest BCUT2D eigenvalue weighted by Gasteiger charge is 2.30. The highest BCUT2D eigenvalue weighted by molar-refractivity contribution is 6.30. The van der Waals surface area contributed by atoms with Crippen LogP contribution in [0.5, 0.6) is 0 Å². The summed E-state index contributed by atoms with van der Waals surface area (Å²) in [5.41, 5.74) is 0.578. The monoisotopic (exact) mass is 409 g/mol. The molecule has 1 atom stereocenters. The molecule has 1 aromatic heterocycles. The molecule has 28 heavy (non-hydrogen) atoms. The standard InChI is InChI=1S/C18H15ClF3N5O/c19-14-3-1-2-12(8-14)10-16(28)23-15(17-24-26-27-25-17)9-11-4-6-13(7-5-11)18(20,21)22/h1-8,15H,9-10H2,(H,23,28)(H,24,25,26,27)/t15-/m0/s1. The molecule has 0 saturated heterocycles. The van der Waals surface area contributed by atoms with Crippen molar-refractivity contribution >= 4 is 17.5 Å². The van der Waals surface area contributed by atoms with E-state index in [-0.39, 0.29) is 24.6 Å². The molecule has 0 radical (unpaired) electrons. The van der Waals surface area contributed by atoms with Gasteiger partial charge in [-0.15, -0.1) is 10.2 Å². The molecule has 0 bridgehead atoms. The number of hydrogen-bond donors (Lipinski definition) is 2. The maximum Gasteiger partial charge on any atom is 0.416 e. The predicted octanol–water partition coefficient (Wildman–Crippen LogP) is 3.51. The van der Waals surface area contributed by atoms with E-state index in [1.54, 1.807) is 24.3 Å². The fourth-order valence-corrected chi connectivity index (χ4v) is 2.88. The summed E-state index contributed by atoms with van der Waals surface area (Å²) in [7, 11) is 0. The highest BCUT2D eigenvalue weighted by atomic mass is 35.5. The molecule has 2 N–H and O–H groups in total. The third kappa shape index (κ3) is 5.29. The number of rotatable bonds is 6. The Kier molecular flexibility index (Phi) is 5.93. The fraction of sp³-hybridized carbons (Fsp3) is 0.222. The number of amides is 1. The molecule has 3 aromatic rings. The Balaban J connectivity index is 1.72. The smallest absolute Gasteiger partial charge is 0.345 e. The molecule has 146 valence electrons. The van der Waals surface area contributed by atoms with Gasteiger partial charge in [0.25, 0.3) is 0 Å². The van der Waals surface area contributed by atoms with Gasteiger partial charge < -0.3 is 5.32 Å². The molecule has 10 heteroatoms. The molecule has 0 unspecified atom stereocenters. The predicted molar refractivity (Wildman–Crippen MR) is 95.4 cm³/mol. The molecule has 0 aliphatic rings. The molecule has 1 amide bonds. The van der Waals surface area contributed by atoms with E-state index in [2.05, 4.69) is 25.9 Å². The summed E-state index contributed by atoms with van der Waals surface area (Å²) in [6.07, 6.45) is -4.11. The lowest BCUT2D eigenvalue weighted by Crippen LogP contribution is -2.32. The van der Waals surface area contributed by atoms with Gasteiger partial charge >= 0.3 is 6.18 Å². The number of alkyl halides is 3. The average molecular weight is 410 g/mol. The third-order valence-corrected chi connectivity index (χ3v) is 4.22. The van der Waals surface area contributed by atoms with Crippen molar-refractivity contribution in [3.05, 3.63) is 76.1 Å². The number of nitrogens with one attached hydrogen (secondary N) is 2. The number of carbonyl (C=O) groups excluding carboxylic acids is 1. The van der Waals surface area contributed by atoms with Gasteiger partial charge in [0.1, 0.15) is 0 Å². The number of aromatic nitrogens is 4. The number of halogens is 4. The van der Waals surface area contributed by atoms with Crippen molar-refractivity contribution in [3.8, 4) is 0 Å². The Bertz CT molecular complexity index is 929. The summed E-state index contributed by atoms with van der Waals surface area (Å²) >= 11 is 5.92. The van der Waals surface area contributed by atoms with E-state index in [0.29, 0.717) is 10.6 Å². The van der Waals surface area contributed by atoms with Gasteiger partial charge in [0.2, 0.25) is 5.91 Å². The van der Waals surface area contributed by atoms with Gasteiger partial charge in [-0.1, -0.05) is 41.1 Å². The zero-order chi connectivity index (χ0) is 20.1. The lowest BCUT2D eigenvalue weighted by Gasteiger charge is -2.16. The lowest BCUT2D eigenvalue weighted by molar-refractivity contribution is -0.137. The van der Waals surface area contributed by atoms with Crippen molar-refractivity contribution < 1.29 is 18.0 Å². The average Bonchev–Trinajstić information content (AvgIpc) is 3.15. The number of benzene rings is 2. The van der Waals surface area contributed by atoms with Crippen LogP contribution in [-0.4, -0.2) is 26.5 Å². The van der Waals surface area contributed by atoms with Crippen molar-refractivity contribution in [2.75, 3.05) is 0 Å². The minimum absolute atomic E-state index is 0.0852. The van der Waals surface area contributed by atoms with Gasteiger partial charge in [0.05, 0.1) is 18.0 Å². The van der Waals surface area contributed by atoms with E-state index < -0.39 is 17.8 Å². The van der Waals surface area contributed by atoms with Crippen LogP contribution in [0.2, 0.25) is 5.02 Å². The summed E-state index contributed by atoms with van der Waals surface area (Å²) in [6.45, 7) is 0.